The van der Waals surface area contributed by atoms with Gasteiger partial charge in [0.2, 0.25) is 5.91 Å². The smallest absolute Gasteiger partial charge is 0.260 e. The van der Waals surface area contributed by atoms with Crippen LogP contribution in [-0.4, -0.2) is 53.9 Å². The molecule has 2 bridgehead atoms. The number of hydrogen-bond donors (Lipinski definition) is 0. The van der Waals surface area contributed by atoms with Gasteiger partial charge in [-0.2, -0.15) is 0 Å². The molecule has 6 heteroatoms. The predicted octanol–water partition coefficient (Wildman–Crippen LogP) is 2.06. The van der Waals surface area contributed by atoms with E-state index in [1.54, 1.807) is 0 Å². The number of benzene rings is 1. The Morgan fingerprint density at radius 1 is 1.20 bits per heavy atom. The summed E-state index contributed by atoms with van der Waals surface area (Å²) in [7, 11) is 0. The Bertz CT molecular complexity index is 663. The fraction of sp³-hybridized carbons (Fsp3) is 0.579. The van der Waals surface area contributed by atoms with Crippen molar-refractivity contribution in [3.05, 3.63) is 30.1 Å². The Kier molecular flexibility index (Phi) is 4.36. The molecule has 3 saturated heterocycles. The van der Waals surface area contributed by atoms with Crippen molar-refractivity contribution in [2.75, 3.05) is 26.2 Å². The van der Waals surface area contributed by atoms with Crippen LogP contribution < -0.4 is 4.74 Å². The lowest BCUT2D eigenvalue weighted by molar-refractivity contribution is -0.149. The molecular formula is C19H23FN2O3. The first-order valence-corrected chi connectivity index (χ1v) is 9.06. The first kappa shape index (κ1) is 16.4. The zero-order chi connectivity index (χ0) is 17.4. The molecule has 3 aliphatic rings. The van der Waals surface area contributed by atoms with Crippen LogP contribution >= 0.6 is 0 Å². The van der Waals surface area contributed by atoms with Gasteiger partial charge in [0.05, 0.1) is 0 Å². The van der Waals surface area contributed by atoms with Gasteiger partial charge in [-0.3, -0.25) is 9.59 Å². The van der Waals surface area contributed by atoms with Crippen LogP contribution in [-0.2, 0) is 9.59 Å². The average Bonchev–Trinajstić information content (AvgIpc) is 2.62. The Balaban J connectivity index is 1.37. The molecule has 0 aliphatic carbocycles. The van der Waals surface area contributed by atoms with Gasteiger partial charge >= 0.3 is 0 Å². The molecule has 1 aromatic rings. The molecule has 3 atom stereocenters. The second-order valence-electron chi connectivity index (χ2n) is 7.41. The molecular weight excluding hydrogens is 323 g/mol. The van der Waals surface area contributed by atoms with E-state index in [-0.39, 0.29) is 24.2 Å². The van der Waals surface area contributed by atoms with Crippen molar-refractivity contribution in [3.63, 3.8) is 0 Å². The van der Waals surface area contributed by atoms with Crippen molar-refractivity contribution in [2.45, 2.75) is 31.7 Å². The van der Waals surface area contributed by atoms with Gasteiger partial charge in [0.1, 0.15) is 11.6 Å². The monoisotopic (exact) mass is 346 g/mol. The number of piperidine rings is 3. The standard InChI is InChI=1S/C19H23FN2O3/c20-15-4-6-16(7-5-15)25-12-19(24)21-9-13-8-14(11-21)17-2-1-3-18(23)22(17)10-13/h4-7,13-14,17H,1-3,8-12H2/t13-,14-,17-/m1/s1. The Morgan fingerprint density at radius 3 is 2.80 bits per heavy atom. The summed E-state index contributed by atoms with van der Waals surface area (Å²) in [5.74, 6) is 1.17. The van der Waals surface area contributed by atoms with Crippen LogP contribution in [0.3, 0.4) is 0 Å². The molecule has 4 rings (SSSR count). The van der Waals surface area contributed by atoms with Gasteiger partial charge in [0.25, 0.3) is 5.91 Å². The number of halogens is 1. The predicted molar refractivity (Wildman–Crippen MR) is 89.4 cm³/mol. The summed E-state index contributed by atoms with van der Waals surface area (Å²) in [5.41, 5.74) is 0. The van der Waals surface area contributed by atoms with Gasteiger partial charge < -0.3 is 14.5 Å². The fourth-order valence-electron chi connectivity index (χ4n) is 4.58. The van der Waals surface area contributed by atoms with Crippen molar-refractivity contribution in [1.29, 1.82) is 0 Å². The lowest BCUT2D eigenvalue weighted by Crippen LogP contribution is -2.61. The van der Waals surface area contributed by atoms with E-state index in [0.717, 1.165) is 25.8 Å². The zero-order valence-electron chi connectivity index (χ0n) is 14.2. The average molecular weight is 346 g/mol. The first-order valence-electron chi connectivity index (χ1n) is 9.06. The summed E-state index contributed by atoms with van der Waals surface area (Å²) in [6.07, 6.45) is 3.79. The summed E-state index contributed by atoms with van der Waals surface area (Å²) < 4.78 is 18.4. The van der Waals surface area contributed by atoms with Crippen LogP contribution in [0.4, 0.5) is 4.39 Å². The zero-order valence-corrected chi connectivity index (χ0v) is 14.2. The topological polar surface area (TPSA) is 49.9 Å². The van der Waals surface area contributed by atoms with Crippen LogP contribution in [0.25, 0.3) is 0 Å². The lowest BCUT2D eigenvalue weighted by atomic mass is 9.76. The van der Waals surface area contributed by atoms with Crippen molar-refractivity contribution in [1.82, 2.24) is 9.80 Å². The first-order chi connectivity index (χ1) is 12.1. The Labute approximate surface area is 146 Å². The molecule has 0 saturated carbocycles. The molecule has 0 N–H and O–H groups in total. The van der Waals surface area contributed by atoms with Gasteiger partial charge in [0.15, 0.2) is 6.61 Å². The highest BCUT2D eigenvalue weighted by Crippen LogP contribution is 2.37. The summed E-state index contributed by atoms with van der Waals surface area (Å²) >= 11 is 0. The molecule has 1 aromatic carbocycles. The molecule has 2 amide bonds. The Morgan fingerprint density at radius 2 is 2.00 bits per heavy atom. The summed E-state index contributed by atoms with van der Waals surface area (Å²) in [6, 6.07) is 5.99. The van der Waals surface area contributed by atoms with Crippen LogP contribution in [0.2, 0.25) is 0 Å². The molecule has 134 valence electrons. The van der Waals surface area contributed by atoms with E-state index in [1.807, 2.05) is 4.90 Å². The molecule has 0 unspecified atom stereocenters. The van der Waals surface area contributed by atoms with E-state index >= 15 is 0 Å². The maximum atomic E-state index is 12.9. The highest BCUT2D eigenvalue weighted by Gasteiger charge is 2.44. The number of carbonyl (C=O) groups excluding carboxylic acids is 2. The highest BCUT2D eigenvalue weighted by atomic mass is 19.1. The minimum atomic E-state index is -0.325. The summed E-state index contributed by atoms with van der Waals surface area (Å²) in [4.78, 5) is 28.7. The molecule has 3 fully saturated rings. The number of likely N-dealkylation sites (tertiary alicyclic amines) is 1. The van der Waals surface area contributed by atoms with Gasteiger partial charge in [-0.15, -0.1) is 0 Å². The third-order valence-corrected chi connectivity index (χ3v) is 5.71. The van der Waals surface area contributed by atoms with Crippen LogP contribution in [0.5, 0.6) is 5.75 Å². The second kappa shape index (κ2) is 6.65. The molecule has 3 heterocycles. The normalized spacial score (nSPS) is 28.5. The van der Waals surface area contributed by atoms with E-state index in [0.29, 0.717) is 43.1 Å². The number of carbonyl (C=O) groups is 2. The molecule has 0 spiro atoms. The van der Waals surface area contributed by atoms with Gasteiger partial charge in [0, 0.05) is 32.1 Å². The minimum Gasteiger partial charge on any atom is -0.484 e. The van der Waals surface area contributed by atoms with Crippen molar-refractivity contribution >= 4 is 11.8 Å². The third kappa shape index (κ3) is 3.34. The van der Waals surface area contributed by atoms with Gasteiger partial charge in [-0.1, -0.05) is 0 Å². The van der Waals surface area contributed by atoms with E-state index in [1.165, 1.54) is 24.3 Å². The molecule has 0 radical (unpaired) electrons. The number of hydrogen-bond acceptors (Lipinski definition) is 3. The van der Waals surface area contributed by atoms with Crippen LogP contribution in [0.15, 0.2) is 24.3 Å². The second-order valence-corrected chi connectivity index (χ2v) is 7.41. The maximum Gasteiger partial charge on any atom is 0.260 e. The number of rotatable bonds is 3. The van der Waals surface area contributed by atoms with E-state index in [2.05, 4.69) is 4.90 Å². The number of fused-ring (bicyclic) bond motifs is 4. The van der Waals surface area contributed by atoms with Gasteiger partial charge in [-0.25, -0.2) is 4.39 Å². The van der Waals surface area contributed by atoms with Crippen molar-refractivity contribution in [3.8, 4) is 5.75 Å². The van der Waals surface area contributed by atoms with Crippen LogP contribution in [0, 0.1) is 17.7 Å². The fourth-order valence-corrected chi connectivity index (χ4v) is 4.58. The highest BCUT2D eigenvalue weighted by molar-refractivity contribution is 5.79. The van der Waals surface area contributed by atoms with E-state index < -0.39 is 0 Å². The van der Waals surface area contributed by atoms with Crippen molar-refractivity contribution in [2.24, 2.45) is 11.8 Å². The van der Waals surface area contributed by atoms with E-state index in [9.17, 15) is 14.0 Å². The van der Waals surface area contributed by atoms with Gasteiger partial charge in [-0.05, 0) is 55.4 Å². The lowest BCUT2D eigenvalue weighted by Gasteiger charge is -2.52. The summed E-state index contributed by atoms with van der Waals surface area (Å²) in [5, 5.41) is 0. The molecule has 5 nitrogen and oxygen atoms in total. The maximum absolute atomic E-state index is 12.9. The number of ether oxygens (including phenoxy) is 1. The SMILES string of the molecule is O=C(COc1ccc(F)cc1)N1C[C@H]2C[C@H](C1)[C@H]1CCCC(=O)N1C2. The largest absolute Gasteiger partial charge is 0.484 e. The van der Waals surface area contributed by atoms with E-state index in [4.69, 9.17) is 4.74 Å². The molecule has 0 aromatic heterocycles. The molecule has 25 heavy (non-hydrogen) atoms. The minimum absolute atomic E-state index is 0.0294. The summed E-state index contributed by atoms with van der Waals surface area (Å²) in [6.45, 7) is 2.15. The molecule has 3 aliphatic heterocycles. The number of nitrogens with zero attached hydrogens (tertiary/aromatic N) is 2. The Hall–Kier alpha value is -2.11. The third-order valence-electron chi connectivity index (χ3n) is 5.71. The van der Waals surface area contributed by atoms with Crippen LogP contribution in [0.1, 0.15) is 25.7 Å². The van der Waals surface area contributed by atoms with Crippen molar-refractivity contribution < 1.29 is 18.7 Å². The number of amides is 2. The quantitative estimate of drug-likeness (QED) is 0.842.